The highest BCUT2D eigenvalue weighted by molar-refractivity contribution is 5.75. The molecule has 2 N–H and O–H groups in total. The Morgan fingerprint density at radius 3 is 2.77 bits per heavy atom. The number of nitrogens with zero attached hydrogens (tertiary/aromatic N) is 3. The van der Waals surface area contributed by atoms with E-state index in [-0.39, 0.29) is 18.6 Å². The molecule has 0 spiro atoms. The Morgan fingerprint density at radius 2 is 2.09 bits per heavy atom. The molecule has 1 saturated heterocycles. The van der Waals surface area contributed by atoms with Crippen molar-refractivity contribution in [1.29, 1.82) is 0 Å². The number of aromatic nitrogens is 2. The maximum absolute atomic E-state index is 14.2. The molecule has 1 aromatic heterocycles. The summed E-state index contributed by atoms with van der Waals surface area (Å²) in [6.07, 6.45) is -0.462. The van der Waals surface area contributed by atoms with Crippen molar-refractivity contribution in [3.05, 3.63) is 47.0 Å². The van der Waals surface area contributed by atoms with Gasteiger partial charge in [0.25, 0.3) is 0 Å². The highest BCUT2D eigenvalue weighted by Crippen LogP contribution is 2.29. The summed E-state index contributed by atoms with van der Waals surface area (Å²) in [7, 11) is 0. The van der Waals surface area contributed by atoms with Crippen LogP contribution in [0.4, 0.5) is 28.3 Å². The van der Waals surface area contributed by atoms with Crippen LogP contribution in [0.1, 0.15) is 49.0 Å². The van der Waals surface area contributed by atoms with E-state index >= 15 is 0 Å². The van der Waals surface area contributed by atoms with Crippen molar-refractivity contribution >= 4 is 12.0 Å². The first kappa shape index (κ1) is 25.0. The van der Waals surface area contributed by atoms with E-state index in [2.05, 4.69) is 25.3 Å². The summed E-state index contributed by atoms with van der Waals surface area (Å²) in [6.45, 7) is 3.91. The Bertz CT molecular complexity index is 1050. The molecular weight excluding hydrogens is 470 g/mol. The number of alkyl halides is 3. The first-order valence-electron chi connectivity index (χ1n) is 11.5. The monoisotopic (exact) mass is 497 g/mol. The fourth-order valence-corrected chi connectivity index (χ4v) is 4.17. The SMILES string of the molecule is CC[C@@H](NC(=O)N1CCc2cnc(NC3CCOCC3)nc2C1)c1ccc(OC(F)(F)F)c(F)c1. The molecule has 1 aromatic carbocycles. The number of hydrogen-bond donors (Lipinski definition) is 2. The van der Waals surface area contributed by atoms with Crippen LogP contribution in [-0.4, -0.2) is 53.1 Å². The van der Waals surface area contributed by atoms with Crippen molar-refractivity contribution < 1.29 is 31.8 Å². The van der Waals surface area contributed by atoms with Crippen molar-refractivity contribution in [2.45, 2.75) is 57.6 Å². The van der Waals surface area contributed by atoms with E-state index in [0.717, 1.165) is 36.2 Å². The zero-order valence-corrected chi connectivity index (χ0v) is 19.2. The largest absolute Gasteiger partial charge is 0.573 e. The van der Waals surface area contributed by atoms with E-state index in [9.17, 15) is 22.4 Å². The zero-order valence-electron chi connectivity index (χ0n) is 19.2. The number of nitrogens with one attached hydrogen (secondary N) is 2. The van der Waals surface area contributed by atoms with E-state index < -0.39 is 24.0 Å². The van der Waals surface area contributed by atoms with Crippen molar-refractivity contribution in [2.75, 3.05) is 25.1 Å². The lowest BCUT2D eigenvalue weighted by atomic mass is 10.0. The van der Waals surface area contributed by atoms with Crippen LogP contribution in [-0.2, 0) is 17.7 Å². The maximum atomic E-state index is 14.2. The molecule has 0 saturated carbocycles. The van der Waals surface area contributed by atoms with Crippen LogP contribution in [0.25, 0.3) is 0 Å². The first-order valence-corrected chi connectivity index (χ1v) is 11.5. The van der Waals surface area contributed by atoms with Crippen LogP contribution in [0.3, 0.4) is 0 Å². The number of carbonyl (C=O) groups excluding carboxylic acids is 1. The second-order valence-corrected chi connectivity index (χ2v) is 8.52. The number of carbonyl (C=O) groups is 1. The van der Waals surface area contributed by atoms with Crippen LogP contribution >= 0.6 is 0 Å². The first-order chi connectivity index (χ1) is 16.7. The lowest BCUT2D eigenvalue weighted by Crippen LogP contribution is -2.44. The van der Waals surface area contributed by atoms with E-state index in [0.29, 0.717) is 44.1 Å². The molecule has 2 aromatic rings. The van der Waals surface area contributed by atoms with Gasteiger partial charge in [0.1, 0.15) is 0 Å². The molecule has 0 aliphatic carbocycles. The zero-order chi connectivity index (χ0) is 25.0. The summed E-state index contributed by atoms with van der Waals surface area (Å²) >= 11 is 0. The molecule has 1 fully saturated rings. The molecule has 0 radical (unpaired) electrons. The highest BCUT2D eigenvalue weighted by atomic mass is 19.4. The van der Waals surface area contributed by atoms with Crippen LogP contribution < -0.4 is 15.4 Å². The summed E-state index contributed by atoms with van der Waals surface area (Å²) in [6, 6.07) is 2.45. The van der Waals surface area contributed by atoms with Gasteiger partial charge in [-0.1, -0.05) is 13.0 Å². The Labute approximate surface area is 200 Å². The van der Waals surface area contributed by atoms with Crippen molar-refractivity contribution in [3.8, 4) is 5.75 Å². The normalized spacial score (nSPS) is 17.5. The summed E-state index contributed by atoms with van der Waals surface area (Å²) in [4.78, 5) is 23.6. The quantitative estimate of drug-likeness (QED) is 0.578. The summed E-state index contributed by atoms with van der Waals surface area (Å²) in [5, 5.41) is 6.17. The number of amides is 2. The summed E-state index contributed by atoms with van der Waals surface area (Å²) in [5.74, 6) is -1.55. The van der Waals surface area contributed by atoms with Crippen LogP contribution in [0, 0.1) is 5.82 Å². The third-order valence-electron chi connectivity index (χ3n) is 6.08. The molecule has 3 heterocycles. The Balaban J connectivity index is 1.40. The number of ether oxygens (including phenoxy) is 2. The van der Waals surface area contributed by atoms with Gasteiger partial charge in [0.2, 0.25) is 5.95 Å². The van der Waals surface area contributed by atoms with E-state index in [1.165, 1.54) is 6.07 Å². The fraction of sp³-hybridized carbons (Fsp3) is 0.522. The smallest absolute Gasteiger partial charge is 0.403 e. The topological polar surface area (TPSA) is 88.6 Å². The van der Waals surface area contributed by atoms with Gasteiger partial charge in [-0.15, -0.1) is 13.2 Å². The predicted molar refractivity (Wildman–Crippen MR) is 118 cm³/mol. The molecule has 8 nitrogen and oxygen atoms in total. The van der Waals surface area contributed by atoms with Gasteiger partial charge in [-0.05, 0) is 48.9 Å². The minimum atomic E-state index is -4.99. The van der Waals surface area contributed by atoms with Crippen molar-refractivity contribution in [1.82, 2.24) is 20.2 Å². The number of anilines is 1. The lowest BCUT2D eigenvalue weighted by molar-refractivity contribution is -0.275. The highest BCUT2D eigenvalue weighted by Gasteiger charge is 2.32. The van der Waals surface area contributed by atoms with Gasteiger partial charge in [-0.25, -0.2) is 19.2 Å². The van der Waals surface area contributed by atoms with Gasteiger partial charge in [0.05, 0.1) is 18.3 Å². The minimum absolute atomic E-state index is 0.239. The predicted octanol–water partition coefficient (Wildman–Crippen LogP) is 4.32. The Kier molecular flexibility index (Phi) is 7.58. The van der Waals surface area contributed by atoms with Crippen LogP contribution in [0.2, 0.25) is 0 Å². The number of fused-ring (bicyclic) bond motifs is 1. The average molecular weight is 497 g/mol. The molecule has 2 aliphatic rings. The number of rotatable bonds is 6. The Morgan fingerprint density at radius 1 is 1.31 bits per heavy atom. The number of hydrogen-bond acceptors (Lipinski definition) is 6. The summed E-state index contributed by atoms with van der Waals surface area (Å²) in [5.41, 5.74) is 2.07. The van der Waals surface area contributed by atoms with E-state index in [4.69, 9.17) is 4.74 Å². The Hall–Kier alpha value is -3.15. The fourth-order valence-electron chi connectivity index (χ4n) is 4.17. The molecule has 1 atom stereocenters. The maximum Gasteiger partial charge on any atom is 0.573 e. The second-order valence-electron chi connectivity index (χ2n) is 8.52. The molecule has 190 valence electrons. The van der Waals surface area contributed by atoms with Gasteiger partial charge in [0, 0.05) is 32.0 Å². The summed E-state index contributed by atoms with van der Waals surface area (Å²) < 4.78 is 60.4. The van der Waals surface area contributed by atoms with Gasteiger partial charge >= 0.3 is 12.4 Å². The lowest BCUT2D eigenvalue weighted by Gasteiger charge is -2.30. The average Bonchev–Trinajstić information content (AvgIpc) is 2.83. The van der Waals surface area contributed by atoms with E-state index in [1.807, 2.05) is 0 Å². The molecule has 4 rings (SSSR count). The molecule has 0 bridgehead atoms. The molecular formula is C23H27F4N5O3. The van der Waals surface area contributed by atoms with E-state index in [1.54, 1.807) is 18.0 Å². The van der Waals surface area contributed by atoms with Crippen LogP contribution in [0.15, 0.2) is 24.4 Å². The van der Waals surface area contributed by atoms with Gasteiger partial charge in [-0.3, -0.25) is 0 Å². The van der Waals surface area contributed by atoms with Crippen molar-refractivity contribution in [2.24, 2.45) is 0 Å². The van der Waals surface area contributed by atoms with Gasteiger partial charge < -0.3 is 25.0 Å². The molecule has 0 unspecified atom stereocenters. The minimum Gasteiger partial charge on any atom is -0.403 e. The van der Waals surface area contributed by atoms with Crippen LogP contribution in [0.5, 0.6) is 5.75 Å². The number of halogens is 4. The van der Waals surface area contributed by atoms with Gasteiger partial charge in [0.15, 0.2) is 11.6 Å². The molecule has 2 aliphatic heterocycles. The third-order valence-corrected chi connectivity index (χ3v) is 6.08. The standard InChI is InChI=1S/C23H27F4N5O3/c1-2-18(14-3-4-20(17(24)11-14)35-23(25,26)27)31-22(33)32-8-5-15-12-28-21(30-19(15)13-32)29-16-6-9-34-10-7-16/h3-4,11-12,16,18H,2,5-10,13H2,1H3,(H,31,33)(H,28,29,30)/t18-/m1/s1. The number of urea groups is 1. The second kappa shape index (κ2) is 10.6. The molecule has 12 heteroatoms. The van der Waals surface area contributed by atoms with Crippen molar-refractivity contribution in [3.63, 3.8) is 0 Å². The molecule has 35 heavy (non-hydrogen) atoms. The van der Waals surface area contributed by atoms with Gasteiger partial charge in [-0.2, -0.15) is 0 Å². The third kappa shape index (κ3) is 6.50. The molecule has 2 amide bonds. The number of benzene rings is 1.